The highest BCUT2D eigenvalue weighted by molar-refractivity contribution is 7.91. The van der Waals surface area contributed by atoms with Gasteiger partial charge < -0.3 is 4.74 Å². The minimum Gasteiger partial charge on any atom is -0.377 e. The summed E-state index contributed by atoms with van der Waals surface area (Å²) in [6.45, 7) is 3.00. The van der Waals surface area contributed by atoms with Gasteiger partial charge in [-0.2, -0.15) is 0 Å². The highest BCUT2D eigenvalue weighted by Gasteiger charge is 2.28. The number of sulfone groups is 1. The van der Waals surface area contributed by atoms with Gasteiger partial charge in [0.15, 0.2) is 9.84 Å². The Morgan fingerprint density at radius 3 is 1.77 bits per heavy atom. The van der Waals surface area contributed by atoms with Crippen molar-refractivity contribution in [1.29, 1.82) is 0 Å². The zero-order chi connectivity index (χ0) is 16.1. The van der Waals surface area contributed by atoms with E-state index in [0.29, 0.717) is 12.2 Å². The first-order valence-electron chi connectivity index (χ1n) is 9.46. The van der Waals surface area contributed by atoms with Crippen LogP contribution in [0.2, 0.25) is 0 Å². The van der Waals surface area contributed by atoms with Gasteiger partial charge in [0.2, 0.25) is 0 Å². The molecule has 0 bridgehead atoms. The van der Waals surface area contributed by atoms with Crippen molar-refractivity contribution in [3.05, 3.63) is 0 Å². The molecule has 0 aromatic carbocycles. The van der Waals surface area contributed by atoms with Gasteiger partial charge in [0.1, 0.15) is 0 Å². The molecule has 0 N–H and O–H groups in total. The molecule has 0 aromatic heterocycles. The molecule has 1 aliphatic heterocycles. The number of hydrogen-bond donors (Lipinski definition) is 0. The predicted octanol–water partition coefficient (Wildman–Crippen LogP) is 4.89. The minimum atomic E-state index is -2.79. The average molecular weight is 333 g/mol. The molecule has 1 aliphatic rings. The van der Waals surface area contributed by atoms with Crippen molar-refractivity contribution >= 4 is 9.84 Å². The van der Waals surface area contributed by atoms with Gasteiger partial charge in [-0.25, -0.2) is 8.42 Å². The highest BCUT2D eigenvalue weighted by atomic mass is 32.2. The summed E-state index contributed by atoms with van der Waals surface area (Å²) in [7, 11) is -2.79. The lowest BCUT2D eigenvalue weighted by atomic mass is 10.1. The monoisotopic (exact) mass is 332 g/mol. The lowest BCUT2D eigenvalue weighted by Gasteiger charge is -2.09. The Labute approximate surface area is 138 Å². The predicted molar refractivity (Wildman–Crippen MR) is 94.1 cm³/mol. The lowest BCUT2D eigenvalue weighted by molar-refractivity contribution is 0.0680. The van der Waals surface area contributed by atoms with Gasteiger partial charge in [-0.1, -0.05) is 77.6 Å². The summed E-state index contributed by atoms with van der Waals surface area (Å²) in [4.78, 5) is 0. The maximum absolute atomic E-state index is 11.3. The molecule has 1 fully saturated rings. The van der Waals surface area contributed by atoms with E-state index in [0.717, 1.165) is 13.0 Å². The van der Waals surface area contributed by atoms with E-state index in [9.17, 15) is 8.42 Å². The van der Waals surface area contributed by atoms with Crippen molar-refractivity contribution in [2.75, 3.05) is 18.1 Å². The van der Waals surface area contributed by atoms with Gasteiger partial charge in [0.05, 0.1) is 17.6 Å². The minimum absolute atomic E-state index is 0.0299. The summed E-state index contributed by atoms with van der Waals surface area (Å²) >= 11 is 0. The van der Waals surface area contributed by atoms with E-state index >= 15 is 0 Å². The van der Waals surface area contributed by atoms with Crippen molar-refractivity contribution in [2.24, 2.45) is 0 Å². The number of unbranched alkanes of at least 4 members (excludes halogenated alkanes) is 11. The van der Waals surface area contributed by atoms with Gasteiger partial charge >= 0.3 is 0 Å². The fourth-order valence-electron chi connectivity index (χ4n) is 3.09. The lowest BCUT2D eigenvalue weighted by Crippen LogP contribution is -2.15. The molecule has 0 radical (unpaired) electrons. The van der Waals surface area contributed by atoms with E-state index in [2.05, 4.69) is 6.92 Å². The molecule has 0 aromatic rings. The Hall–Kier alpha value is -0.0900. The molecule has 1 heterocycles. The van der Waals surface area contributed by atoms with E-state index in [4.69, 9.17) is 4.74 Å². The zero-order valence-corrected chi connectivity index (χ0v) is 15.3. The van der Waals surface area contributed by atoms with Crippen LogP contribution in [0.5, 0.6) is 0 Å². The smallest absolute Gasteiger partial charge is 0.152 e. The van der Waals surface area contributed by atoms with Crippen LogP contribution in [0.15, 0.2) is 0 Å². The van der Waals surface area contributed by atoms with Crippen LogP contribution < -0.4 is 0 Å². The third-order valence-electron chi connectivity index (χ3n) is 4.54. The van der Waals surface area contributed by atoms with Crippen LogP contribution in [0.25, 0.3) is 0 Å². The molecule has 0 unspecified atom stereocenters. The third kappa shape index (κ3) is 10.6. The Balaban J connectivity index is 1.75. The standard InChI is InChI=1S/C18H36O3S/c1-2-3-4-5-6-7-8-9-10-11-12-13-15-21-18-14-16-22(19,20)17-18/h18H,2-17H2,1H3/t18-/m1/s1. The molecule has 132 valence electrons. The average Bonchev–Trinajstić information content (AvgIpc) is 2.83. The Morgan fingerprint density at radius 1 is 0.818 bits per heavy atom. The fourth-order valence-corrected chi connectivity index (χ4v) is 4.70. The van der Waals surface area contributed by atoms with Gasteiger partial charge in [-0.15, -0.1) is 0 Å². The van der Waals surface area contributed by atoms with Crippen molar-refractivity contribution < 1.29 is 13.2 Å². The Bertz CT molecular complexity index is 351. The molecule has 4 heteroatoms. The maximum atomic E-state index is 11.3. The van der Waals surface area contributed by atoms with Crippen LogP contribution in [0, 0.1) is 0 Å². The van der Waals surface area contributed by atoms with Gasteiger partial charge in [0.25, 0.3) is 0 Å². The second-order valence-electron chi connectivity index (χ2n) is 6.78. The summed E-state index contributed by atoms with van der Waals surface area (Å²) in [5, 5.41) is 0. The second kappa shape index (κ2) is 12.3. The molecule has 22 heavy (non-hydrogen) atoms. The van der Waals surface area contributed by atoms with Crippen molar-refractivity contribution in [1.82, 2.24) is 0 Å². The maximum Gasteiger partial charge on any atom is 0.152 e. The normalized spacial score (nSPS) is 20.5. The van der Waals surface area contributed by atoms with E-state index in [-0.39, 0.29) is 11.9 Å². The van der Waals surface area contributed by atoms with Crippen molar-refractivity contribution in [3.63, 3.8) is 0 Å². The molecule has 0 saturated carbocycles. The summed E-state index contributed by atoms with van der Waals surface area (Å²) < 4.78 is 28.2. The van der Waals surface area contributed by atoms with Gasteiger partial charge in [0, 0.05) is 6.61 Å². The molecule has 0 amide bonds. The molecule has 0 aliphatic carbocycles. The third-order valence-corrected chi connectivity index (χ3v) is 6.28. The molecule has 1 rings (SSSR count). The van der Waals surface area contributed by atoms with Gasteiger partial charge in [-0.05, 0) is 12.8 Å². The summed E-state index contributed by atoms with van der Waals surface area (Å²) in [6.07, 6.45) is 16.7. The molecular weight excluding hydrogens is 296 g/mol. The first kappa shape index (κ1) is 20.0. The summed E-state index contributed by atoms with van der Waals surface area (Å²) in [6, 6.07) is 0. The number of rotatable bonds is 14. The van der Waals surface area contributed by atoms with E-state index in [1.165, 1.54) is 70.6 Å². The first-order chi connectivity index (χ1) is 10.6. The van der Waals surface area contributed by atoms with E-state index in [1.807, 2.05) is 0 Å². The quantitative estimate of drug-likeness (QED) is 0.425. The molecular formula is C18H36O3S. The van der Waals surface area contributed by atoms with Crippen LogP contribution >= 0.6 is 0 Å². The molecule has 0 spiro atoms. The second-order valence-corrected chi connectivity index (χ2v) is 9.01. The van der Waals surface area contributed by atoms with E-state index < -0.39 is 9.84 Å². The zero-order valence-electron chi connectivity index (χ0n) is 14.5. The molecule has 1 atom stereocenters. The summed E-state index contributed by atoms with van der Waals surface area (Å²) in [5.41, 5.74) is 0. The van der Waals surface area contributed by atoms with Crippen molar-refractivity contribution in [3.8, 4) is 0 Å². The fraction of sp³-hybridized carbons (Fsp3) is 1.00. The first-order valence-corrected chi connectivity index (χ1v) is 11.3. The summed E-state index contributed by atoms with van der Waals surface area (Å²) in [5.74, 6) is 0.557. The van der Waals surface area contributed by atoms with Gasteiger partial charge in [-0.3, -0.25) is 0 Å². The SMILES string of the molecule is CCCCCCCCCCCCCCO[C@@H]1CCS(=O)(=O)C1. The number of ether oxygens (including phenoxy) is 1. The van der Waals surface area contributed by atoms with Crippen LogP contribution in [0.1, 0.15) is 90.4 Å². The van der Waals surface area contributed by atoms with Crippen LogP contribution in [0.3, 0.4) is 0 Å². The highest BCUT2D eigenvalue weighted by Crippen LogP contribution is 2.16. The Morgan fingerprint density at radius 2 is 1.32 bits per heavy atom. The van der Waals surface area contributed by atoms with E-state index in [1.54, 1.807) is 0 Å². The topological polar surface area (TPSA) is 43.4 Å². The van der Waals surface area contributed by atoms with Crippen LogP contribution in [-0.4, -0.2) is 32.6 Å². The molecule has 1 saturated heterocycles. The molecule has 3 nitrogen and oxygen atoms in total. The number of hydrogen-bond acceptors (Lipinski definition) is 3. The van der Waals surface area contributed by atoms with Crippen LogP contribution in [0.4, 0.5) is 0 Å². The Kier molecular flexibility index (Phi) is 11.2. The van der Waals surface area contributed by atoms with Crippen LogP contribution in [-0.2, 0) is 14.6 Å². The largest absolute Gasteiger partial charge is 0.377 e. The van der Waals surface area contributed by atoms with Crippen molar-refractivity contribution in [2.45, 2.75) is 96.5 Å².